The number of rotatable bonds is 6. The number of para-hydroxylation sites is 1. The van der Waals surface area contributed by atoms with E-state index in [-0.39, 0.29) is 17.6 Å². The van der Waals surface area contributed by atoms with Gasteiger partial charge in [-0.25, -0.2) is 4.98 Å². The second kappa shape index (κ2) is 9.00. The van der Waals surface area contributed by atoms with Crippen molar-refractivity contribution in [3.63, 3.8) is 0 Å². The summed E-state index contributed by atoms with van der Waals surface area (Å²) in [5, 5.41) is 13.1. The SMILES string of the molecule is CC(=O)Nc1cccc(-c2nc(SCC(=O)Nc3ccccc3I)n[nH]2)c1. The van der Waals surface area contributed by atoms with E-state index in [1.54, 1.807) is 12.1 Å². The number of hydrogen-bond acceptors (Lipinski definition) is 5. The van der Waals surface area contributed by atoms with E-state index in [1.165, 1.54) is 18.7 Å². The molecule has 2 aromatic carbocycles. The van der Waals surface area contributed by atoms with Gasteiger partial charge in [0.2, 0.25) is 17.0 Å². The Kier molecular flexibility index (Phi) is 6.45. The van der Waals surface area contributed by atoms with E-state index < -0.39 is 0 Å². The summed E-state index contributed by atoms with van der Waals surface area (Å²) in [4.78, 5) is 27.7. The number of amides is 2. The molecule has 2 amide bonds. The molecule has 0 atom stereocenters. The zero-order valence-electron chi connectivity index (χ0n) is 14.3. The smallest absolute Gasteiger partial charge is 0.234 e. The van der Waals surface area contributed by atoms with E-state index in [1.807, 2.05) is 36.4 Å². The summed E-state index contributed by atoms with van der Waals surface area (Å²) < 4.78 is 0.979. The first-order chi connectivity index (χ1) is 13.0. The minimum Gasteiger partial charge on any atom is -0.326 e. The van der Waals surface area contributed by atoms with E-state index in [0.717, 1.165) is 14.8 Å². The molecule has 0 spiro atoms. The topological polar surface area (TPSA) is 99.8 Å². The molecule has 27 heavy (non-hydrogen) atoms. The first kappa shape index (κ1) is 19.4. The fourth-order valence-electron chi connectivity index (χ4n) is 2.27. The van der Waals surface area contributed by atoms with Crippen molar-refractivity contribution in [2.75, 3.05) is 16.4 Å². The lowest BCUT2D eigenvalue weighted by Gasteiger charge is -2.05. The van der Waals surface area contributed by atoms with Crippen LogP contribution in [0, 0.1) is 3.57 Å². The van der Waals surface area contributed by atoms with Crippen LogP contribution in [0.1, 0.15) is 6.92 Å². The largest absolute Gasteiger partial charge is 0.326 e. The molecule has 0 aliphatic carbocycles. The lowest BCUT2D eigenvalue weighted by Crippen LogP contribution is -2.14. The Morgan fingerprint density at radius 2 is 1.96 bits per heavy atom. The second-order valence-corrected chi connectivity index (χ2v) is 7.65. The lowest BCUT2D eigenvalue weighted by molar-refractivity contribution is -0.114. The number of anilines is 2. The summed E-state index contributed by atoms with van der Waals surface area (Å²) in [6.45, 7) is 1.46. The van der Waals surface area contributed by atoms with E-state index in [4.69, 9.17) is 0 Å². The molecule has 138 valence electrons. The Morgan fingerprint density at radius 1 is 1.15 bits per heavy atom. The third kappa shape index (κ3) is 5.54. The van der Waals surface area contributed by atoms with Crippen LogP contribution in [0.3, 0.4) is 0 Å². The minimum atomic E-state index is -0.139. The molecule has 3 N–H and O–H groups in total. The quantitative estimate of drug-likeness (QED) is 0.359. The number of carbonyl (C=O) groups excluding carboxylic acids is 2. The van der Waals surface area contributed by atoms with Gasteiger partial charge < -0.3 is 10.6 Å². The van der Waals surface area contributed by atoms with Gasteiger partial charge in [-0.15, -0.1) is 5.10 Å². The van der Waals surface area contributed by atoms with E-state index in [2.05, 4.69) is 48.4 Å². The lowest BCUT2D eigenvalue weighted by atomic mass is 10.2. The van der Waals surface area contributed by atoms with Gasteiger partial charge in [0.05, 0.1) is 11.4 Å². The number of carbonyl (C=O) groups is 2. The van der Waals surface area contributed by atoms with Crippen molar-refractivity contribution in [3.05, 3.63) is 52.1 Å². The number of aromatic nitrogens is 3. The molecule has 0 bridgehead atoms. The van der Waals surface area contributed by atoms with Gasteiger partial charge in [-0.2, -0.15) is 0 Å². The van der Waals surface area contributed by atoms with Crippen molar-refractivity contribution in [1.29, 1.82) is 0 Å². The van der Waals surface area contributed by atoms with Crippen LogP contribution in [0.2, 0.25) is 0 Å². The summed E-state index contributed by atoms with van der Waals surface area (Å²) in [5.74, 6) is 0.514. The average Bonchev–Trinajstić information content (AvgIpc) is 3.11. The van der Waals surface area contributed by atoms with Crippen molar-refractivity contribution in [3.8, 4) is 11.4 Å². The number of nitrogens with zero attached hydrogens (tertiary/aromatic N) is 2. The molecule has 0 radical (unpaired) electrons. The second-order valence-electron chi connectivity index (χ2n) is 5.55. The Labute approximate surface area is 173 Å². The maximum absolute atomic E-state index is 12.1. The van der Waals surface area contributed by atoms with Crippen LogP contribution in [0.4, 0.5) is 11.4 Å². The highest BCUT2D eigenvalue weighted by Crippen LogP contribution is 2.22. The van der Waals surface area contributed by atoms with Crippen LogP contribution in [-0.2, 0) is 9.59 Å². The van der Waals surface area contributed by atoms with Crippen LogP contribution in [0.5, 0.6) is 0 Å². The van der Waals surface area contributed by atoms with Gasteiger partial charge in [0.15, 0.2) is 5.82 Å². The predicted molar refractivity (Wildman–Crippen MR) is 115 cm³/mol. The molecule has 9 heteroatoms. The molecular weight excluding hydrogens is 477 g/mol. The fraction of sp³-hybridized carbons (Fsp3) is 0.111. The predicted octanol–water partition coefficient (Wildman–Crippen LogP) is 3.77. The number of aromatic amines is 1. The van der Waals surface area contributed by atoms with Gasteiger partial charge in [0, 0.05) is 21.7 Å². The third-order valence-electron chi connectivity index (χ3n) is 3.40. The summed E-state index contributed by atoms with van der Waals surface area (Å²) in [7, 11) is 0. The molecule has 3 rings (SSSR count). The molecule has 1 aromatic heterocycles. The molecule has 0 saturated carbocycles. The molecule has 0 saturated heterocycles. The van der Waals surface area contributed by atoms with E-state index in [0.29, 0.717) is 16.7 Å². The van der Waals surface area contributed by atoms with E-state index >= 15 is 0 Å². The highest BCUT2D eigenvalue weighted by Gasteiger charge is 2.11. The van der Waals surface area contributed by atoms with Crippen molar-refractivity contribution in [2.24, 2.45) is 0 Å². The minimum absolute atomic E-state index is 0.122. The van der Waals surface area contributed by atoms with Crippen molar-refractivity contribution < 1.29 is 9.59 Å². The molecule has 3 aromatic rings. The molecule has 0 aliphatic heterocycles. The zero-order valence-corrected chi connectivity index (χ0v) is 17.3. The maximum atomic E-state index is 12.1. The van der Waals surface area contributed by atoms with Gasteiger partial charge >= 0.3 is 0 Å². The number of halogens is 1. The van der Waals surface area contributed by atoms with Crippen LogP contribution in [-0.4, -0.2) is 32.7 Å². The Balaban J connectivity index is 1.60. The van der Waals surface area contributed by atoms with Gasteiger partial charge in [0.25, 0.3) is 0 Å². The first-order valence-corrected chi connectivity index (χ1v) is 10.1. The monoisotopic (exact) mass is 493 g/mol. The summed E-state index contributed by atoms with van der Waals surface area (Å²) in [6, 6.07) is 14.9. The number of benzene rings is 2. The Hall–Kier alpha value is -2.40. The number of thioether (sulfide) groups is 1. The average molecular weight is 493 g/mol. The van der Waals surface area contributed by atoms with Gasteiger partial charge in [-0.05, 0) is 46.9 Å². The molecule has 1 heterocycles. The number of hydrogen-bond donors (Lipinski definition) is 3. The van der Waals surface area contributed by atoms with Crippen LogP contribution >= 0.6 is 34.4 Å². The highest BCUT2D eigenvalue weighted by atomic mass is 127. The third-order valence-corrected chi connectivity index (χ3v) is 5.19. The molecule has 7 nitrogen and oxygen atoms in total. The Morgan fingerprint density at radius 3 is 2.74 bits per heavy atom. The molecule has 0 unspecified atom stereocenters. The van der Waals surface area contributed by atoms with Crippen LogP contribution in [0.15, 0.2) is 53.7 Å². The number of nitrogens with one attached hydrogen (secondary N) is 3. The van der Waals surface area contributed by atoms with Crippen LogP contribution in [0.25, 0.3) is 11.4 Å². The molecule has 0 aliphatic rings. The van der Waals surface area contributed by atoms with Crippen molar-refractivity contribution in [1.82, 2.24) is 15.2 Å². The maximum Gasteiger partial charge on any atom is 0.234 e. The first-order valence-electron chi connectivity index (χ1n) is 7.99. The highest BCUT2D eigenvalue weighted by molar-refractivity contribution is 14.1. The Bertz CT molecular complexity index is 976. The van der Waals surface area contributed by atoms with E-state index in [9.17, 15) is 9.59 Å². The summed E-state index contributed by atoms with van der Waals surface area (Å²) >= 11 is 3.42. The fourth-order valence-corrected chi connectivity index (χ4v) is 3.39. The van der Waals surface area contributed by atoms with Gasteiger partial charge in [0.1, 0.15) is 0 Å². The van der Waals surface area contributed by atoms with Gasteiger partial charge in [-0.1, -0.05) is 36.0 Å². The van der Waals surface area contributed by atoms with Gasteiger partial charge in [-0.3, -0.25) is 14.7 Å². The standard InChI is InChI=1S/C18H16IN5O2S/c1-11(25)20-13-6-4-5-12(9-13)17-22-18(24-23-17)27-10-16(26)21-15-8-3-2-7-14(15)19/h2-9H,10H2,1H3,(H,20,25)(H,21,26)(H,22,23,24). The number of H-pyrrole nitrogens is 1. The summed E-state index contributed by atoms with van der Waals surface area (Å²) in [6.07, 6.45) is 0. The van der Waals surface area contributed by atoms with Crippen molar-refractivity contribution >= 4 is 57.5 Å². The normalized spacial score (nSPS) is 10.4. The molecule has 0 fully saturated rings. The zero-order chi connectivity index (χ0) is 19.2. The van der Waals surface area contributed by atoms with Crippen molar-refractivity contribution in [2.45, 2.75) is 12.1 Å². The molecular formula is C18H16IN5O2S. The summed E-state index contributed by atoms with van der Waals surface area (Å²) in [5.41, 5.74) is 2.26. The van der Waals surface area contributed by atoms with Crippen LogP contribution < -0.4 is 10.6 Å².